The highest BCUT2D eigenvalue weighted by Gasteiger charge is 2.30. The van der Waals surface area contributed by atoms with Crippen molar-refractivity contribution in [3.05, 3.63) is 58.6 Å². The van der Waals surface area contributed by atoms with Crippen molar-refractivity contribution in [1.82, 2.24) is 0 Å². The highest BCUT2D eigenvalue weighted by Crippen LogP contribution is 2.34. The molecule has 2 rings (SSSR count). The Morgan fingerprint density at radius 3 is 2.37 bits per heavy atom. The molecule has 0 saturated heterocycles. The number of carbonyl (C=O) groups excluding carboxylic acids is 1. The molecular formula is C14H8ClF3O. The maximum Gasteiger partial charge on any atom is 0.416 e. The molecule has 0 saturated carbocycles. The van der Waals surface area contributed by atoms with Crippen LogP contribution in [0.25, 0.3) is 11.1 Å². The van der Waals surface area contributed by atoms with Crippen LogP contribution >= 0.6 is 11.6 Å². The molecule has 0 fully saturated rings. The molecule has 0 N–H and O–H groups in total. The molecule has 0 amide bonds. The molecule has 0 unspecified atom stereocenters. The van der Waals surface area contributed by atoms with Crippen LogP contribution in [0.15, 0.2) is 42.5 Å². The summed E-state index contributed by atoms with van der Waals surface area (Å²) in [6, 6.07) is 9.45. The van der Waals surface area contributed by atoms with Gasteiger partial charge in [0, 0.05) is 5.56 Å². The largest absolute Gasteiger partial charge is 0.416 e. The Labute approximate surface area is 112 Å². The quantitative estimate of drug-likeness (QED) is 0.721. The number of hydrogen-bond acceptors (Lipinski definition) is 1. The van der Waals surface area contributed by atoms with Crippen LogP contribution in [-0.4, -0.2) is 6.29 Å². The summed E-state index contributed by atoms with van der Waals surface area (Å²) in [5.74, 6) is 0. The van der Waals surface area contributed by atoms with Crippen molar-refractivity contribution in [2.75, 3.05) is 0 Å². The van der Waals surface area contributed by atoms with E-state index in [1.54, 1.807) is 12.1 Å². The van der Waals surface area contributed by atoms with Crippen LogP contribution in [0.1, 0.15) is 15.9 Å². The van der Waals surface area contributed by atoms with Crippen molar-refractivity contribution in [2.45, 2.75) is 6.18 Å². The van der Waals surface area contributed by atoms with Crippen LogP contribution in [-0.2, 0) is 6.18 Å². The number of carbonyl (C=O) groups is 1. The summed E-state index contributed by atoms with van der Waals surface area (Å²) in [5.41, 5.74) is 0.110. The topological polar surface area (TPSA) is 17.1 Å². The van der Waals surface area contributed by atoms with Crippen molar-refractivity contribution in [2.24, 2.45) is 0 Å². The monoisotopic (exact) mass is 284 g/mol. The maximum absolute atomic E-state index is 12.6. The van der Waals surface area contributed by atoms with Gasteiger partial charge >= 0.3 is 6.18 Å². The number of halogens is 4. The van der Waals surface area contributed by atoms with E-state index in [9.17, 15) is 18.0 Å². The second-order valence-corrected chi connectivity index (χ2v) is 4.30. The van der Waals surface area contributed by atoms with Gasteiger partial charge in [0.1, 0.15) is 0 Å². The van der Waals surface area contributed by atoms with E-state index in [-0.39, 0.29) is 10.6 Å². The van der Waals surface area contributed by atoms with E-state index in [1.807, 2.05) is 0 Å². The van der Waals surface area contributed by atoms with E-state index in [0.717, 1.165) is 12.1 Å². The Kier molecular flexibility index (Phi) is 3.62. The lowest BCUT2D eigenvalue weighted by Crippen LogP contribution is -2.04. The van der Waals surface area contributed by atoms with Gasteiger partial charge in [-0.05, 0) is 29.3 Å². The Hall–Kier alpha value is -1.81. The first kappa shape index (κ1) is 13.6. The molecule has 5 heteroatoms. The first-order chi connectivity index (χ1) is 8.93. The Bertz CT molecular complexity index is 620. The molecule has 0 aliphatic heterocycles. The smallest absolute Gasteiger partial charge is 0.298 e. The van der Waals surface area contributed by atoms with Crippen LogP contribution in [0.2, 0.25) is 5.02 Å². The lowest BCUT2D eigenvalue weighted by Gasteiger charge is -2.10. The van der Waals surface area contributed by atoms with Gasteiger partial charge in [-0.25, -0.2) is 0 Å². The predicted octanol–water partition coefficient (Wildman–Crippen LogP) is 4.84. The fourth-order valence-electron chi connectivity index (χ4n) is 1.77. The molecule has 2 aromatic carbocycles. The van der Waals surface area contributed by atoms with E-state index < -0.39 is 11.7 Å². The third-order valence-corrected chi connectivity index (χ3v) is 3.00. The molecule has 0 aliphatic carbocycles. The van der Waals surface area contributed by atoms with Crippen LogP contribution in [0, 0.1) is 0 Å². The molecule has 0 atom stereocenters. The third-order valence-electron chi connectivity index (χ3n) is 2.67. The van der Waals surface area contributed by atoms with Crippen molar-refractivity contribution in [3.8, 4) is 11.1 Å². The van der Waals surface area contributed by atoms with E-state index in [4.69, 9.17) is 11.6 Å². The van der Waals surface area contributed by atoms with Crippen molar-refractivity contribution >= 4 is 17.9 Å². The molecular weight excluding hydrogens is 277 g/mol. The second-order valence-electron chi connectivity index (χ2n) is 3.90. The van der Waals surface area contributed by atoms with Crippen LogP contribution < -0.4 is 0 Å². The zero-order chi connectivity index (χ0) is 14.0. The highest BCUT2D eigenvalue weighted by molar-refractivity contribution is 6.33. The standard InChI is InChI=1S/C14H8ClF3O/c15-13-6-2-5-11(12(13)8-19)9-3-1-4-10(7-9)14(16,17)18/h1-8H. The minimum atomic E-state index is -4.42. The minimum Gasteiger partial charge on any atom is -0.298 e. The summed E-state index contributed by atoms with van der Waals surface area (Å²) >= 11 is 5.86. The van der Waals surface area contributed by atoms with Gasteiger partial charge < -0.3 is 0 Å². The summed E-state index contributed by atoms with van der Waals surface area (Å²) in [6.07, 6.45) is -3.88. The molecule has 0 aromatic heterocycles. The van der Waals surface area contributed by atoms with Crippen LogP contribution in [0.4, 0.5) is 13.2 Å². The zero-order valence-corrected chi connectivity index (χ0v) is 10.3. The Morgan fingerprint density at radius 1 is 1.05 bits per heavy atom. The fourth-order valence-corrected chi connectivity index (χ4v) is 1.99. The van der Waals surface area contributed by atoms with Gasteiger partial charge in [-0.1, -0.05) is 35.9 Å². The maximum atomic E-state index is 12.6. The molecule has 0 radical (unpaired) electrons. The van der Waals surface area contributed by atoms with Crippen LogP contribution in [0.5, 0.6) is 0 Å². The van der Waals surface area contributed by atoms with E-state index in [2.05, 4.69) is 0 Å². The Balaban J connectivity index is 2.60. The van der Waals surface area contributed by atoms with Gasteiger partial charge in [-0.3, -0.25) is 4.79 Å². The average molecular weight is 285 g/mol. The predicted molar refractivity (Wildman–Crippen MR) is 67.3 cm³/mol. The number of alkyl halides is 3. The first-order valence-corrected chi connectivity index (χ1v) is 5.72. The minimum absolute atomic E-state index is 0.184. The van der Waals surface area contributed by atoms with Gasteiger partial charge in [0.25, 0.3) is 0 Å². The average Bonchev–Trinajstić information content (AvgIpc) is 2.37. The molecule has 1 nitrogen and oxygen atoms in total. The zero-order valence-electron chi connectivity index (χ0n) is 9.54. The molecule has 0 bridgehead atoms. The number of benzene rings is 2. The summed E-state index contributed by atoms with van der Waals surface area (Å²) in [6.45, 7) is 0. The van der Waals surface area contributed by atoms with Crippen LogP contribution in [0.3, 0.4) is 0 Å². The fraction of sp³-hybridized carbons (Fsp3) is 0.0714. The summed E-state index contributed by atoms with van der Waals surface area (Å²) in [4.78, 5) is 11.0. The highest BCUT2D eigenvalue weighted by atomic mass is 35.5. The molecule has 98 valence electrons. The molecule has 19 heavy (non-hydrogen) atoms. The normalized spacial score (nSPS) is 11.4. The van der Waals surface area contributed by atoms with E-state index in [1.165, 1.54) is 18.2 Å². The molecule has 2 aromatic rings. The number of aldehydes is 1. The van der Waals surface area contributed by atoms with Gasteiger partial charge in [0.05, 0.1) is 10.6 Å². The van der Waals surface area contributed by atoms with Gasteiger partial charge in [-0.15, -0.1) is 0 Å². The third kappa shape index (κ3) is 2.79. The second kappa shape index (κ2) is 5.05. The van der Waals surface area contributed by atoms with Gasteiger partial charge in [0.15, 0.2) is 6.29 Å². The lowest BCUT2D eigenvalue weighted by molar-refractivity contribution is -0.137. The summed E-state index contributed by atoms with van der Waals surface area (Å²) in [5, 5.41) is 0.213. The molecule has 0 aliphatic rings. The summed E-state index contributed by atoms with van der Waals surface area (Å²) < 4.78 is 37.9. The summed E-state index contributed by atoms with van der Waals surface area (Å²) in [7, 11) is 0. The first-order valence-electron chi connectivity index (χ1n) is 5.35. The van der Waals surface area contributed by atoms with E-state index in [0.29, 0.717) is 17.4 Å². The van der Waals surface area contributed by atoms with E-state index >= 15 is 0 Å². The van der Waals surface area contributed by atoms with Gasteiger partial charge in [-0.2, -0.15) is 13.2 Å². The lowest BCUT2D eigenvalue weighted by atomic mass is 9.98. The number of rotatable bonds is 2. The Morgan fingerprint density at radius 2 is 1.74 bits per heavy atom. The van der Waals surface area contributed by atoms with Gasteiger partial charge in [0.2, 0.25) is 0 Å². The van der Waals surface area contributed by atoms with Crippen molar-refractivity contribution in [3.63, 3.8) is 0 Å². The SMILES string of the molecule is O=Cc1c(Cl)cccc1-c1cccc(C(F)(F)F)c1. The van der Waals surface area contributed by atoms with Crippen molar-refractivity contribution in [1.29, 1.82) is 0 Å². The number of hydrogen-bond donors (Lipinski definition) is 0. The molecule has 0 spiro atoms. The van der Waals surface area contributed by atoms with Crippen molar-refractivity contribution < 1.29 is 18.0 Å². The molecule has 0 heterocycles.